The van der Waals surface area contributed by atoms with Gasteiger partial charge in [0.15, 0.2) is 0 Å². The van der Waals surface area contributed by atoms with Gasteiger partial charge in [0.05, 0.1) is 32.0 Å². The van der Waals surface area contributed by atoms with Crippen LogP contribution in [0.25, 0.3) is 6.08 Å². The quantitative estimate of drug-likeness (QED) is 0.552. The van der Waals surface area contributed by atoms with E-state index in [2.05, 4.69) is 33.5 Å². The highest BCUT2D eigenvalue weighted by molar-refractivity contribution is 6.05. The number of amides is 1. The molecule has 0 saturated carbocycles. The Hall–Kier alpha value is -3.58. The van der Waals surface area contributed by atoms with E-state index in [4.69, 9.17) is 9.47 Å². The van der Waals surface area contributed by atoms with Crippen molar-refractivity contribution in [2.75, 3.05) is 39.2 Å². The number of anilines is 1. The van der Waals surface area contributed by atoms with Crippen molar-refractivity contribution in [3.05, 3.63) is 78.0 Å². The maximum absolute atomic E-state index is 12.8. The Balaban J connectivity index is 1.33. The predicted molar refractivity (Wildman–Crippen MR) is 130 cm³/mol. The number of methoxy groups -OCH3 is 2. The van der Waals surface area contributed by atoms with Crippen molar-refractivity contribution in [1.82, 2.24) is 14.7 Å². The average Bonchev–Trinajstić information content (AvgIpc) is 3.32. The molecule has 3 aromatic rings. The maximum Gasteiger partial charge on any atom is 0.260 e. The molecule has 0 bridgehead atoms. The van der Waals surface area contributed by atoms with Gasteiger partial charge in [-0.1, -0.05) is 42.5 Å². The Morgan fingerprint density at radius 2 is 1.73 bits per heavy atom. The van der Waals surface area contributed by atoms with Crippen LogP contribution in [0.5, 0.6) is 11.5 Å². The van der Waals surface area contributed by atoms with Crippen molar-refractivity contribution in [2.24, 2.45) is 0 Å². The molecule has 1 N–H and O–H groups in total. The number of aromatic nitrogens is 2. The second-order valence-corrected chi connectivity index (χ2v) is 7.99. The molecule has 0 spiro atoms. The largest absolute Gasteiger partial charge is 0.496 e. The van der Waals surface area contributed by atoms with Gasteiger partial charge in [0.2, 0.25) is 0 Å². The van der Waals surface area contributed by atoms with Crippen LogP contribution in [-0.4, -0.2) is 54.4 Å². The minimum atomic E-state index is -0.201. The number of ether oxygens (including phenoxy) is 2. The van der Waals surface area contributed by atoms with Crippen LogP contribution >= 0.6 is 0 Å². The molecule has 0 radical (unpaired) electrons. The number of carbonyl (C=O) groups excluding carboxylic acids is 1. The maximum atomic E-state index is 12.8. The molecular formula is C26H30N4O3. The van der Waals surface area contributed by atoms with E-state index in [9.17, 15) is 4.79 Å². The highest BCUT2D eigenvalue weighted by Gasteiger charge is 2.23. The average molecular weight is 447 g/mol. The van der Waals surface area contributed by atoms with Gasteiger partial charge in [-0.2, -0.15) is 5.10 Å². The molecule has 33 heavy (non-hydrogen) atoms. The molecule has 7 heteroatoms. The van der Waals surface area contributed by atoms with E-state index in [0.29, 0.717) is 17.1 Å². The fourth-order valence-electron chi connectivity index (χ4n) is 4.20. The van der Waals surface area contributed by atoms with Crippen LogP contribution in [0.2, 0.25) is 0 Å². The summed E-state index contributed by atoms with van der Waals surface area (Å²) in [7, 11) is 3.26. The van der Waals surface area contributed by atoms with Crippen LogP contribution in [-0.2, 0) is 0 Å². The molecule has 2 aromatic carbocycles. The summed E-state index contributed by atoms with van der Waals surface area (Å²) in [4.78, 5) is 15.2. The predicted octanol–water partition coefficient (Wildman–Crippen LogP) is 4.50. The van der Waals surface area contributed by atoms with Gasteiger partial charge in [0.1, 0.15) is 17.3 Å². The molecule has 1 aliphatic heterocycles. The molecule has 172 valence electrons. The van der Waals surface area contributed by atoms with Crippen LogP contribution in [0.15, 0.2) is 66.9 Å². The number of benzene rings is 2. The molecule has 4 rings (SSSR count). The SMILES string of the molecule is COc1ccccc1C=CCN1CCC(n2nccc2NC(=O)c2ccccc2OC)CC1. The van der Waals surface area contributed by atoms with Gasteiger partial charge in [0, 0.05) is 31.3 Å². The summed E-state index contributed by atoms with van der Waals surface area (Å²) in [6, 6.07) is 17.3. The van der Waals surface area contributed by atoms with Crippen molar-refractivity contribution in [3.8, 4) is 11.5 Å². The summed E-state index contributed by atoms with van der Waals surface area (Å²) in [5, 5.41) is 7.50. The molecule has 1 aliphatic rings. The number of carbonyl (C=O) groups is 1. The number of hydrogen-bond donors (Lipinski definition) is 1. The summed E-state index contributed by atoms with van der Waals surface area (Å²) < 4.78 is 12.7. The number of rotatable bonds is 8. The number of para-hydroxylation sites is 2. The Labute approximate surface area is 194 Å². The lowest BCUT2D eigenvalue weighted by molar-refractivity contribution is 0.102. The third-order valence-corrected chi connectivity index (χ3v) is 5.97. The lowest BCUT2D eigenvalue weighted by Crippen LogP contribution is -2.35. The summed E-state index contributed by atoms with van der Waals surface area (Å²) in [6.07, 6.45) is 7.98. The van der Waals surface area contributed by atoms with Crippen molar-refractivity contribution >= 4 is 17.8 Å². The number of likely N-dealkylation sites (tertiary alicyclic amines) is 1. The Morgan fingerprint density at radius 3 is 2.48 bits per heavy atom. The molecule has 0 unspecified atom stereocenters. The van der Waals surface area contributed by atoms with E-state index in [-0.39, 0.29) is 11.9 Å². The third kappa shape index (κ3) is 5.43. The number of nitrogens with one attached hydrogen (secondary N) is 1. The van der Waals surface area contributed by atoms with Gasteiger partial charge < -0.3 is 14.8 Å². The first kappa shape index (κ1) is 22.6. The highest BCUT2D eigenvalue weighted by Crippen LogP contribution is 2.27. The van der Waals surface area contributed by atoms with Gasteiger partial charge >= 0.3 is 0 Å². The molecule has 7 nitrogen and oxygen atoms in total. The smallest absolute Gasteiger partial charge is 0.260 e. The normalized spacial score (nSPS) is 15.0. The monoisotopic (exact) mass is 446 g/mol. The van der Waals surface area contributed by atoms with Crippen molar-refractivity contribution in [2.45, 2.75) is 18.9 Å². The van der Waals surface area contributed by atoms with Gasteiger partial charge in [-0.25, -0.2) is 4.68 Å². The van der Waals surface area contributed by atoms with Gasteiger partial charge in [0.25, 0.3) is 5.91 Å². The zero-order valence-electron chi connectivity index (χ0n) is 19.1. The Morgan fingerprint density at radius 1 is 1.03 bits per heavy atom. The third-order valence-electron chi connectivity index (χ3n) is 5.97. The van der Waals surface area contributed by atoms with Crippen LogP contribution < -0.4 is 14.8 Å². The summed E-state index contributed by atoms with van der Waals surface area (Å²) >= 11 is 0. The van der Waals surface area contributed by atoms with Crippen LogP contribution in [0, 0.1) is 0 Å². The standard InChI is InChI=1S/C26H30N4O3/c1-32-23-11-5-3-8-20(23)9-7-17-29-18-14-21(15-19-29)30-25(13-16-27-30)28-26(31)22-10-4-6-12-24(22)33-2/h3-13,16,21H,14-15,17-19H2,1-2H3,(H,28,31). The van der Waals surface area contributed by atoms with Gasteiger partial charge in [-0.3, -0.25) is 9.69 Å². The van der Waals surface area contributed by atoms with E-state index in [1.807, 2.05) is 41.1 Å². The molecule has 1 saturated heterocycles. The lowest BCUT2D eigenvalue weighted by Gasteiger charge is -2.32. The van der Waals surface area contributed by atoms with Crippen molar-refractivity contribution in [1.29, 1.82) is 0 Å². The minimum Gasteiger partial charge on any atom is -0.496 e. The zero-order valence-corrected chi connectivity index (χ0v) is 19.1. The molecule has 1 amide bonds. The second kappa shape index (κ2) is 10.8. The summed E-state index contributed by atoms with van der Waals surface area (Å²) in [6.45, 7) is 2.84. The van der Waals surface area contributed by atoms with Crippen molar-refractivity contribution in [3.63, 3.8) is 0 Å². The molecule has 1 aromatic heterocycles. The van der Waals surface area contributed by atoms with E-state index in [1.54, 1.807) is 32.5 Å². The van der Waals surface area contributed by atoms with Crippen LogP contribution in [0.1, 0.15) is 34.8 Å². The summed E-state index contributed by atoms with van der Waals surface area (Å²) in [5.74, 6) is 1.94. The number of nitrogens with zero attached hydrogens (tertiary/aromatic N) is 3. The van der Waals surface area contributed by atoms with Crippen LogP contribution in [0.3, 0.4) is 0 Å². The molecular weight excluding hydrogens is 416 g/mol. The molecule has 0 aliphatic carbocycles. The fraction of sp³-hybridized carbons (Fsp3) is 0.308. The number of hydrogen-bond acceptors (Lipinski definition) is 5. The fourth-order valence-corrected chi connectivity index (χ4v) is 4.20. The first-order valence-corrected chi connectivity index (χ1v) is 11.2. The Kier molecular flexibility index (Phi) is 7.42. The van der Waals surface area contributed by atoms with E-state index < -0.39 is 0 Å². The molecule has 2 heterocycles. The lowest BCUT2D eigenvalue weighted by atomic mass is 10.1. The number of piperidine rings is 1. The highest BCUT2D eigenvalue weighted by atomic mass is 16.5. The summed E-state index contributed by atoms with van der Waals surface area (Å²) in [5.41, 5.74) is 1.59. The Bertz CT molecular complexity index is 1100. The van der Waals surface area contributed by atoms with Crippen LogP contribution in [0.4, 0.5) is 5.82 Å². The van der Waals surface area contributed by atoms with E-state index in [1.165, 1.54) is 0 Å². The second-order valence-electron chi connectivity index (χ2n) is 7.99. The molecule has 0 atom stereocenters. The molecule has 1 fully saturated rings. The van der Waals surface area contributed by atoms with Crippen molar-refractivity contribution < 1.29 is 14.3 Å². The van der Waals surface area contributed by atoms with Gasteiger partial charge in [-0.05, 0) is 31.0 Å². The first-order valence-electron chi connectivity index (χ1n) is 11.2. The zero-order chi connectivity index (χ0) is 23.0. The van der Waals surface area contributed by atoms with Gasteiger partial charge in [-0.15, -0.1) is 0 Å². The first-order chi connectivity index (χ1) is 16.2. The minimum absolute atomic E-state index is 0.201. The van der Waals surface area contributed by atoms with E-state index >= 15 is 0 Å². The topological polar surface area (TPSA) is 68.6 Å². The van der Waals surface area contributed by atoms with E-state index in [0.717, 1.165) is 43.8 Å².